The van der Waals surface area contributed by atoms with Crippen LogP contribution in [0.1, 0.15) is 6.92 Å². The zero-order chi connectivity index (χ0) is 6.62. The van der Waals surface area contributed by atoms with E-state index < -0.39 is 7.37 Å². The molecule has 8 heavy (non-hydrogen) atoms. The van der Waals surface area contributed by atoms with Crippen molar-refractivity contribution in [1.29, 1.82) is 0 Å². The Morgan fingerprint density at radius 2 is 2.25 bits per heavy atom. The fraction of sp³-hybridized carbons (Fsp3) is 1.00. The van der Waals surface area contributed by atoms with Crippen LogP contribution in [0.5, 0.6) is 0 Å². The van der Waals surface area contributed by atoms with Gasteiger partial charge in [0.2, 0.25) is 7.37 Å². The minimum Gasteiger partial charge on any atom is -0.328 e. The molecule has 0 aromatic carbocycles. The highest BCUT2D eigenvalue weighted by atomic mass is 35.5. The van der Waals surface area contributed by atoms with Crippen LogP contribution < -0.4 is 0 Å². The molecule has 0 unspecified atom stereocenters. The largest absolute Gasteiger partial charge is 0.328 e. The molecule has 50 valence electrons. The van der Waals surface area contributed by atoms with Gasteiger partial charge in [-0.1, -0.05) is 0 Å². The van der Waals surface area contributed by atoms with E-state index in [0.717, 1.165) is 0 Å². The van der Waals surface area contributed by atoms with Gasteiger partial charge < -0.3 is 4.52 Å². The maximum absolute atomic E-state index is 10.8. The molecule has 0 amide bonds. The van der Waals surface area contributed by atoms with Crippen molar-refractivity contribution in [2.24, 2.45) is 0 Å². The fourth-order valence-electron chi connectivity index (χ4n) is 0.308. The quantitative estimate of drug-likeness (QED) is 0.462. The van der Waals surface area contributed by atoms with E-state index in [1.54, 1.807) is 6.92 Å². The van der Waals surface area contributed by atoms with Crippen LogP contribution in [0, 0.1) is 0 Å². The Bertz CT molecular complexity index is 104. The number of halogens is 1. The van der Waals surface area contributed by atoms with Crippen LogP contribution in [0.4, 0.5) is 0 Å². The third-order valence-corrected chi connectivity index (χ3v) is 3.16. The summed E-state index contributed by atoms with van der Waals surface area (Å²) < 4.78 is 15.6. The highest BCUT2D eigenvalue weighted by molar-refractivity contribution is 7.59. The molecule has 0 aliphatic carbocycles. The Morgan fingerprint density at radius 3 is 2.38 bits per heavy atom. The van der Waals surface area contributed by atoms with Crippen molar-refractivity contribution in [3.63, 3.8) is 0 Å². The van der Waals surface area contributed by atoms with Crippen molar-refractivity contribution in [2.75, 3.05) is 18.9 Å². The monoisotopic (exact) mass is 156 g/mol. The van der Waals surface area contributed by atoms with Crippen LogP contribution in [0.25, 0.3) is 0 Å². The van der Waals surface area contributed by atoms with Crippen LogP contribution in [0.3, 0.4) is 0 Å². The van der Waals surface area contributed by atoms with Crippen LogP contribution in [0.2, 0.25) is 0 Å². The molecule has 0 radical (unpaired) electrons. The van der Waals surface area contributed by atoms with Gasteiger partial charge in [-0.2, -0.15) is 0 Å². The highest BCUT2D eigenvalue weighted by Gasteiger charge is 2.11. The van der Waals surface area contributed by atoms with Crippen molar-refractivity contribution in [3.8, 4) is 0 Å². The summed E-state index contributed by atoms with van der Waals surface area (Å²) >= 11 is 5.28. The second-order valence-electron chi connectivity index (χ2n) is 1.55. The molecule has 0 aliphatic heterocycles. The predicted molar refractivity (Wildman–Crippen MR) is 35.9 cm³/mol. The summed E-state index contributed by atoms with van der Waals surface area (Å²) in [5, 5.41) is 0. The smallest absolute Gasteiger partial charge is 0.214 e. The highest BCUT2D eigenvalue weighted by Crippen LogP contribution is 2.42. The van der Waals surface area contributed by atoms with Gasteiger partial charge in [-0.05, 0) is 6.92 Å². The first-order chi connectivity index (χ1) is 3.62. The molecular weight excluding hydrogens is 146 g/mol. The van der Waals surface area contributed by atoms with Gasteiger partial charge in [0.05, 0.1) is 12.2 Å². The topological polar surface area (TPSA) is 26.3 Å². The van der Waals surface area contributed by atoms with E-state index in [1.165, 1.54) is 6.66 Å². The lowest BCUT2D eigenvalue weighted by Crippen LogP contribution is -1.87. The molecule has 0 aromatic heterocycles. The summed E-state index contributed by atoms with van der Waals surface area (Å²) in [6.07, 6.45) is 0. The summed E-state index contributed by atoms with van der Waals surface area (Å²) in [6, 6.07) is 0. The van der Waals surface area contributed by atoms with Gasteiger partial charge in [-0.25, -0.2) is 0 Å². The number of alkyl halides is 1. The van der Waals surface area contributed by atoms with E-state index in [2.05, 4.69) is 0 Å². The molecule has 0 N–H and O–H groups in total. The molecule has 2 nitrogen and oxygen atoms in total. The molecule has 4 heteroatoms. The zero-order valence-corrected chi connectivity index (χ0v) is 6.71. The zero-order valence-electron chi connectivity index (χ0n) is 5.06. The predicted octanol–water partition coefficient (Wildman–Crippen LogP) is 2.13. The van der Waals surface area contributed by atoms with E-state index in [4.69, 9.17) is 16.1 Å². The fourth-order valence-corrected chi connectivity index (χ4v) is 1.13. The van der Waals surface area contributed by atoms with E-state index in [0.29, 0.717) is 6.61 Å². The van der Waals surface area contributed by atoms with Gasteiger partial charge in [0, 0.05) is 6.66 Å². The average Bonchev–Trinajstić information content (AvgIpc) is 1.67. The first-order valence-corrected chi connectivity index (χ1v) is 5.18. The van der Waals surface area contributed by atoms with Gasteiger partial charge in [0.1, 0.15) is 0 Å². The molecule has 0 bridgehead atoms. The maximum atomic E-state index is 10.8. The minimum absolute atomic E-state index is 0.112. The first kappa shape index (κ1) is 8.48. The lowest BCUT2D eigenvalue weighted by molar-refractivity contribution is 0.340. The summed E-state index contributed by atoms with van der Waals surface area (Å²) in [4.78, 5) is 0. The minimum atomic E-state index is -2.41. The molecule has 0 aromatic rings. The van der Waals surface area contributed by atoms with Gasteiger partial charge in [0.15, 0.2) is 0 Å². The Hall–Kier alpha value is 0.480. The van der Waals surface area contributed by atoms with Crippen molar-refractivity contribution in [3.05, 3.63) is 0 Å². The van der Waals surface area contributed by atoms with Gasteiger partial charge in [-0.15, -0.1) is 11.6 Å². The molecule has 1 atom stereocenters. The standard InChI is InChI=1S/C4H10ClO2P/c1-3-7-8(2,6)4-5/h3-4H2,1-2H3/t8-/m0/s1. The molecule has 0 saturated carbocycles. The van der Waals surface area contributed by atoms with Crippen LogP contribution in [-0.4, -0.2) is 18.9 Å². The summed E-state index contributed by atoms with van der Waals surface area (Å²) in [5.41, 5.74) is 0.112. The van der Waals surface area contributed by atoms with Crippen LogP contribution in [0.15, 0.2) is 0 Å². The Kier molecular flexibility index (Phi) is 3.70. The Labute approximate surface area is 54.6 Å². The molecule has 0 spiro atoms. The Morgan fingerprint density at radius 1 is 1.75 bits per heavy atom. The third-order valence-electron chi connectivity index (χ3n) is 0.619. The molecular formula is C4H10ClO2P. The summed E-state index contributed by atoms with van der Waals surface area (Å²) in [6.45, 7) is 3.80. The van der Waals surface area contributed by atoms with Crippen molar-refractivity contribution >= 4 is 19.0 Å². The normalized spacial score (nSPS) is 17.9. The van der Waals surface area contributed by atoms with E-state index in [9.17, 15) is 4.57 Å². The first-order valence-electron chi connectivity index (χ1n) is 2.39. The van der Waals surface area contributed by atoms with Crippen molar-refractivity contribution < 1.29 is 9.09 Å². The second-order valence-corrected chi connectivity index (χ2v) is 4.79. The lowest BCUT2D eigenvalue weighted by atomic mass is 10.9. The van der Waals surface area contributed by atoms with E-state index >= 15 is 0 Å². The third kappa shape index (κ3) is 3.48. The van der Waals surface area contributed by atoms with Crippen LogP contribution in [-0.2, 0) is 9.09 Å². The molecule has 0 fully saturated rings. The second kappa shape index (κ2) is 3.49. The van der Waals surface area contributed by atoms with Gasteiger partial charge in [0.25, 0.3) is 0 Å². The van der Waals surface area contributed by atoms with Crippen molar-refractivity contribution in [2.45, 2.75) is 6.92 Å². The summed E-state index contributed by atoms with van der Waals surface area (Å²) in [5.74, 6) is 0. The van der Waals surface area contributed by atoms with Crippen molar-refractivity contribution in [1.82, 2.24) is 0 Å². The van der Waals surface area contributed by atoms with E-state index in [-0.39, 0.29) is 5.62 Å². The van der Waals surface area contributed by atoms with Gasteiger partial charge >= 0.3 is 0 Å². The maximum Gasteiger partial charge on any atom is 0.214 e. The van der Waals surface area contributed by atoms with Crippen LogP contribution >= 0.6 is 19.0 Å². The molecule has 0 aliphatic rings. The summed E-state index contributed by atoms with van der Waals surface area (Å²) in [7, 11) is -2.41. The lowest BCUT2D eigenvalue weighted by Gasteiger charge is -2.06. The number of hydrogen-bond donors (Lipinski definition) is 0. The van der Waals surface area contributed by atoms with Gasteiger partial charge in [-0.3, -0.25) is 4.57 Å². The van der Waals surface area contributed by atoms with E-state index in [1.807, 2.05) is 0 Å². The SMILES string of the molecule is CCO[P@](C)(=O)CCl. The number of rotatable bonds is 3. The molecule has 0 heterocycles. The number of hydrogen-bond acceptors (Lipinski definition) is 2. The molecule has 0 rings (SSSR count). The molecule has 0 saturated heterocycles. The Balaban J connectivity index is 3.55. The average molecular weight is 157 g/mol.